The van der Waals surface area contributed by atoms with Crippen LogP contribution >= 0.6 is 0 Å². The Hall–Kier alpha value is -4.00. The van der Waals surface area contributed by atoms with E-state index in [1.807, 2.05) is 41.4 Å². The Morgan fingerprint density at radius 1 is 1.03 bits per heavy atom. The number of benzene rings is 2. The van der Waals surface area contributed by atoms with Crippen LogP contribution in [-0.4, -0.2) is 44.6 Å². The van der Waals surface area contributed by atoms with Crippen molar-refractivity contribution in [3.8, 4) is 0 Å². The maximum absolute atomic E-state index is 13.5. The average molecular weight is 468 g/mol. The zero-order chi connectivity index (χ0) is 24.2. The zero-order valence-corrected chi connectivity index (χ0v) is 19.9. The van der Waals surface area contributed by atoms with Crippen molar-refractivity contribution in [2.75, 3.05) is 18.4 Å². The van der Waals surface area contributed by atoms with Gasteiger partial charge in [0.25, 0.3) is 11.8 Å². The van der Waals surface area contributed by atoms with Crippen LogP contribution in [0.3, 0.4) is 0 Å². The second-order valence-corrected chi connectivity index (χ2v) is 9.20. The Kier molecular flexibility index (Phi) is 6.57. The first-order chi connectivity index (χ1) is 17.1. The smallest absolute Gasteiger partial charge is 0.276 e. The Morgan fingerprint density at radius 3 is 2.71 bits per heavy atom. The third-order valence-electron chi connectivity index (χ3n) is 6.66. The second kappa shape index (κ2) is 10.1. The van der Waals surface area contributed by atoms with E-state index >= 15 is 0 Å². The van der Waals surface area contributed by atoms with Gasteiger partial charge in [0.2, 0.25) is 0 Å². The average Bonchev–Trinajstić information content (AvgIpc) is 3.18. The van der Waals surface area contributed by atoms with E-state index in [1.165, 1.54) is 10.9 Å². The van der Waals surface area contributed by atoms with Gasteiger partial charge in [0.1, 0.15) is 0 Å². The fourth-order valence-corrected chi connectivity index (χ4v) is 4.81. The molecule has 1 atom stereocenters. The molecular formula is C28H29N5O2. The fourth-order valence-electron chi connectivity index (χ4n) is 4.81. The van der Waals surface area contributed by atoms with Gasteiger partial charge < -0.3 is 10.2 Å². The maximum Gasteiger partial charge on any atom is 0.276 e. The van der Waals surface area contributed by atoms with Crippen LogP contribution in [0.1, 0.15) is 45.7 Å². The van der Waals surface area contributed by atoms with Crippen LogP contribution in [0.5, 0.6) is 0 Å². The highest BCUT2D eigenvalue weighted by Crippen LogP contribution is 2.25. The normalized spacial score (nSPS) is 16.1. The van der Waals surface area contributed by atoms with Crippen LogP contribution in [0.15, 0.2) is 73.1 Å². The number of pyridine rings is 1. The number of nitrogens with one attached hydrogen (secondary N) is 1. The number of carbonyl (C=O) groups excluding carboxylic acids is 2. The highest BCUT2D eigenvalue weighted by atomic mass is 16.2. The predicted octanol–water partition coefficient (Wildman–Crippen LogP) is 4.71. The first kappa shape index (κ1) is 22.8. The molecule has 1 N–H and O–H groups in total. The molecule has 0 unspecified atom stereocenters. The summed E-state index contributed by atoms with van der Waals surface area (Å²) >= 11 is 0. The van der Waals surface area contributed by atoms with Gasteiger partial charge in [-0.05, 0) is 67.5 Å². The molecule has 2 amide bonds. The van der Waals surface area contributed by atoms with Gasteiger partial charge in [-0.3, -0.25) is 19.3 Å². The van der Waals surface area contributed by atoms with Crippen molar-refractivity contribution in [3.05, 3.63) is 89.9 Å². The zero-order valence-electron chi connectivity index (χ0n) is 19.9. The lowest BCUT2D eigenvalue weighted by Gasteiger charge is -2.22. The fraction of sp³-hybridized carbons (Fsp3) is 0.286. The summed E-state index contributed by atoms with van der Waals surface area (Å²) in [6.45, 7) is 1.42. The number of carbonyl (C=O) groups is 2. The third-order valence-corrected chi connectivity index (χ3v) is 6.66. The van der Waals surface area contributed by atoms with E-state index in [4.69, 9.17) is 0 Å². The van der Waals surface area contributed by atoms with Gasteiger partial charge in [-0.15, -0.1) is 0 Å². The van der Waals surface area contributed by atoms with E-state index in [2.05, 4.69) is 27.5 Å². The molecule has 1 fully saturated rings. The van der Waals surface area contributed by atoms with Crippen LogP contribution in [0.25, 0.3) is 10.9 Å². The topological polar surface area (TPSA) is 80.1 Å². The van der Waals surface area contributed by atoms with Crippen molar-refractivity contribution in [2.45, 2.75) is 25.7 Å². The summed E-state index contributed by atoms with van der Waals surface area (Å²) in [5.74, 6) is 0.135. The van der Waals surface area contributed by atoms with E-state index in [0.29, 0.717) is 36.0 Å². The number of anilines is 1. The number of hydrogen-bond donors (Lipinski definition) is 1. The van der Waals surface area contributed by atoms with Gasteiger partial charge in [-0.2, -0.15) is 5.10 Å². The lowest BCUT2D eigenvalue weighted by molar-refractivity contribution is 0.0761. The molecule has 2 aromatic carbocycles. The molecule has 0 aliphatic carbocycles. The summed E-state index contributed by atoms with van der Waals surface area (Å²) in [5.41, 5.74) is 3.60. The first-order valence-electron chi connectivity index (χ1n) is 12.1. The van der Waals surface area contributed by atoms with Crippen LogP contribution in [0.2, 0.25) is 0 Å². The van der Waals surface area contributed by atoms with Crippen LogP contribution in [0, 0.1) is 5.92 Å². The number of fused-ring (bicyclic) bond motifs is 1. The molecule has 1 saturated heterocycles. The highest BCUT2D eigenvalue weighted by Gasteiger charge is 2.24. The molecule has 7 heteroatoms. The van der Waals surface area contributed by atoms with Gasteiger partial charge in [-0.25, -0.2) is 0 Å². The molecule has 35 heavy (non-hydrogen) atoms. The largest absolute Gasteiger partial charge is 0.339 e. The lowest BCUT2D eigenvalue weighted by Crippen LogP contribution is -2.33. The van der Waals surface area contributed by atoms with Crippen molar-refractivity contribution >= 4 is 28.4 Å². The van der Waals surface area contributed by atoms with E-state index < -0.39 is 0 Å². The SMILES string of the molecule is Cn1ccc(C(=O)Nc2ccccc2C(=O)N2CCC[C@H](Cc3cnc4ccccc4c3)CC2)n1. The first-order valence-corrected chi connectivity index (χ1v) is 12.1. The Labute approximate surface area is 204 Å². The van der Waals surface area contributed by atoms with Gasteiger partial charge >= 0.3 is 0 Å². The monoisotopic (exact) mass is 467 g/mol. The van der Waals surface area contributed by atoms with Crippen molar-refractivity contribution in [2.24, 2.45) is 13.0 Å². The summed E-state index contributed by atoms with van der Waals surface area (Å²) < 4.78 is 1.58. The number of aromatic nitrogens is 3. The minimum atomic E-state index is -0.328. The molecule has 3 heterocycles. The minimum Gasteiger partial charge on any atom is -0.339 e. The lowest BCUT2D eigenvalue weighted by atomic mass is 9.93. The molecule has 0 bridgehead atoms. The third kappa shape index (κ3) is 5.24. The molecule has 2 aromatic heterocycles. The van der Waals surface area contributed by atoms with Crippen LogP contribution < -0.4 is 5.32 Å². The molecule has 7 nitrogen and oxygen atoms in total. The van der Waals surface area contributed by atoms with E-state index in [1.54, 1.807) is 36.1 Å². The molecule has 1 aliphatic rings. The van der Waals surface area contributed by atoms with Crippen molar-refractivity contribution in [1.82, 2.24) is 19.7 Å². The molecule has 0 saturated carbocycles. The molecule has 0 radical (unpaired) electrons. The van der Waals surface area contributed by atoms with E-state index in [-0.39, 0.29) is 11.8 Å². The van der Waals surface area contributed by atoms with Crippen molar-refractivity contribution in [1.29, 1.82) is 0 Å². The van der Waals surface area contributed by atoms with Gasteiger partial charge in [0.05, 0.1) is 16.8 Å². The summed E-state index contributed by atoms with van der Waals surface area (Å²) in [7, 11) is 1.76. The second-order valence-electron chi connectivity index (χ2n) is 9.20. The Morgan fingerprint density at radius 2 is 1.86 bits per heavy atom. The molecule has 1 aliphatic heterocycles. The van der Waals surface area contributed by atoms with Crippen molar-refractivity contribution in [3.63, 3.8) is 0 Å². The van der Waals surface area contributed by atoms with Crippen LogP contribution in [-0.2, 0) is 13.5 Å². The highest BCUT2D eigenvalue weighted by molar-refractivity contribution is 6.08. The van der Waals surface area contributed by atoms with E-state index in [9.17, 15) is 9.59 Å². The van der Waals surface area contributed by atoms with E-state index in [0.717, 1.165) is 31.2 Å². The molecule has 178 valence electrons. The molecule has 0 spiro atoms. The number of hydrogen-bond acceptors (Lipinski definition) is 4. The summed E-state index contributed by atoms with van der Waals surface area (Å²) in [5, 5.41) is 8.18. The number of rotatable bonds is 5. The Bertz CT molecular complexity index is 1360. The minimum absolute atomic E-state index is 0.0463. The number of para-hydroxylation sites is 2. The predicted molar refractivity (Wildman–Crippen MR) is 136 cm³/mol. The number of nitrogens with zero attached hydrogens (tertiary/aromatic N) is 4. The Balaban J connectivity index is 1.25. The summed E-state index contributed by atoms with van der Waals surface area (Å²) in [4.78, 5) is 32.6. The maximum atomic E-state index is 13.5. The summed E-state index contributed by atoms with van der Waals surface area (Å²) in [6.07, 6.45) is 7.65. The van der Waals surface area contributed by atoms with Crippen LogP contribution in [0.4, 0.5) is 5.69 Å². The quantitative estimate of drug-likeness (QED) is 0.461. The number of likely N-dealkylation sites (tertiary alicyclic amines) is 1. The molecular weight excluding hydrogens is 438 g/mol. The summed E-state index contributed by atoms with van der Waals surface area (Å²) in [6, 6.07) is 19.3. The van der Waals surface area contributed by atoms with Gasteiger partial charge in [-0.1, -0.05) is 30.3 Å². The van der Waals surface area contributed by atoms with Crippen molar-refractivity contribution < 1.29 is 9.59 Å². The number of amides is 2. The molecule has 5 rings (SSSR count). The molecule has 4 aromatic rings. The standard InChI is InChI=1S/C28H29N5O2/c1-32-15-13-26(31-32)27(34)30-25-11-5-3-9-23(25)28(35)33-14-6-7-20(12-16-33)17-21-18-22-8-2-4-10-24(22)29-19-21/h2-5,8-11,13,15,18-20H,6-7,12,14,16-17H2,1H3,(H,30,34)/t20-/m0/s1. The van der Waals surface area contributed by atoms with Gasteiger partial charge in [0, 0.05) is 37.9 Å². The number of aryl methyl sites for hydroxylation is 1. The van der Waals surface area contributed by atoms with Gasteiger partial charge in [0.15, 0.2) is 5.69 Å².